The summed E-state index contributed by atoms with van der Waals surface area (Å²) in [6.45, 7) is 3.22. The molecule has 1 N–H and O–H groups in total. The number of rotatable bonds is 6. The summed E-state index contributed by atoms with van der Waals surface area (Å²) in [7, 11) is 0. The molecule has 3 aromatic carbocycles. The lowest BCUT2D eigenvalue weighted by molar-refractivity contribution is 0.244. The van der Waals surface area contributed by atoms with Crippen molar-refractivity contribution in [1.82, 2.24) is 19.9 Å². The first kappa shape index (κ1) is 21.8. The highest BCUT2D eigenvalue weighted by atomic mass is 35.5. The van der Waals surface area contributed by atoms with Gasteiger partial charge in [-0.3, -0.25) is 4.90 Å². The topological polar surface area (TPSA) is 54.0 Å². The molecule has 35 heavy (non-hydrogen) atoms. The van der Waals surface area contributed by atoms with Gasteiger partial charge < -0.3 is 9.72 Å². The SMILES string of the molecule is Clc1ccc(-c2ncc3c(n2)CCN(Cc2c[nH]c4ccc(OCc5ccccc5)cc24)C3)cc1. The maximum absolute atomic E-state index is 6.06. The molecule has 5 aromatic rings. The van der Waals surface area contributed by atoms with E-state index in [4.69, 9.17) is 21.3 Å². The third kappa shape index (κ3) is 4.78. The van der Waals surface area contributed by atoms with Gasteiger partial charge in [0, 0.05) is 65.5 Å². The first-order valence-electron chi connectivity index (χ1n) is 11.8. The lowest BCUT2D eigenvalue weighted by atomic mass is 10.1. The molecule has 6 heteroatoms. The van der Waals surface area contributed by atoms with E-state index < -0.39 is 0 Å². The van der Waals surface area contributed by atoms with Gasteiger partial charge in [-0.15, -0.1) is 0 Å². The van der Waals surface area contributed by atoms with Crippen molar-refractivity contribution < 1.29 is 4.74 Å². The summed E-state index contributed by atoms with van der Waals surface area (Å²) in [5, 5.41) is 1.92. The fourth-order valence-electron chi connectivity index (χ4n) is 4.61. The summed E-state index contributed by atoms with van der Waals surface area (Å²) in [6.07, 6.45) is 5.00. The van der Waals surface area contributed by atoms with E-state index in [0.717, 1.165) is 65.0 Å². The molecule has 1 aliphatic heterocycles. The Labute approximate surface area is 209 Å². The Bertz CT molecular complexity index is 1460. The Kier molecular flexibility index (Phi) is 5.94. The van der Waals surface area contributed by atoms with Gasteiger partial charge in [-0.25, -0.2) is 9.97 Å². The van der Waals surface area contributed by atoms with Crippen molar-refractivity contribution >= 4 is 22.5 Å². The molecule has 0 atom stereocenters. The number of nitrogens with one attached hydrogen (secondary N) is 1. The van der Waals surface area contributed by atoms with E-state index in [1.165, 1.54) is 16.5 Å². The predicted octanol–water partition coefficient (Wildman–Crippen LogP) is 6.42. The van der Waals surface area contributed by atoms with Crippen LogP contribution in [0.5, 0.6) is 5.75 Å². The van der Waals surface area contributed by atoms with E-state index in [1.807, 2.05) is 54.7 Å². The van der Waals surface area contributed by atoms with Crippen LogP contribution in [0.3, 0.4) is 0 Å². The summed E-state index contributed by atoms with van der Waals surface area (Å²) in [4.78, 5) is 15.3. The van der Waals surface area contributed by atoms with Crippen LogP contribution in [-0.2, 0) is 26.1 Å². The molecule has 0 spiro atoms. The molecule has 0 unspecified atom stereocenters. The van der Waals surface area contributed by atoms with Gasteiger partial charge in [0.2, 0.25) is 0 Å². The minimum atomic E-state index is 0.563. The van der Waals surface area contributed by atoms with Crippen molar-refractivity contribution in [2.75, 3.05) is 6.54 Å². The number of halogens is 1. The highest BCUT2D eigenvalue weighted by Crippen LogP contribution is 2.28. The fraction of sp³-hybridized carbons (Fsp3) is 0.172. The molecule has 0 amide bonds. The van der Waals surface area contributed by atoms with Gasteiger partial charge in [0.1, 0.15) is 12.4 Å². The third-order valence-electron chi connectivity index (χ3n) is 6.50. The molecule has 1 aliphatic rings. The largest absolute Gasteiger partial charge is 0.489 e. The lowest BCUT2D eigenvalue weighted by Crippen LogP contribution is -2.30. The Hall–Kier alpha value is -3.67. The zero-order valence-electron chi connectivity index (χ0n) is 19.2. The highest BCUT2D eigenvalue weighted by Gasteiger charge is 2.20. The molecule has 2 aromatic heterocycles. The van der Waals surface area contributed by atoms with E-state index in [-0.39, 0.29) is 0 Å². The number of nitrogens with zero attached hydrogens (tertiary/aromatic N) is 3. The van der Waals surface area contributed by atoms with Crippen LogP contribution in [-0.4, -0.2) is 26.4 Å². The molecule has 0 saturated carbocycles. The molecule has 0 fully saturated rings. The number of hydrogen-bond donors (Lipinski definition) is 1. The molecule has 3 heterocycles. The molecule has 6 rings (SSSR count). The van der Waals surface area contributed by atoms with Gasteiger partial charge in [0.15, 0.2) is 5.82 Å². The van der Waals surface area contributed by atoms with Crippen molar-refractivity contribution in [3.05, 3.63) is 113 Å². The molecule has 5 nitrogen and oxygen atoms in total. The van der Waals surface area contributed by atoms with Crippen LogP contribution in [0.15, 0.2) is 85.2 Å². The van der Waals surface area contributed by atoms with Crippen LogP contribution in [0.4, 0.5) is 0 Å². The molecule has 0 radical (unpaired) electrons. The van der Waals surface area contributed by atoms with Gasteiger partial charge in [-0.2, -0.15) is 0 Å². The van der Waals surface area contributed by atoms with Crippen LogP contribution in [0, 0.1) is 0 Å². The second-order valence-corrected chi connectivity index (χ2v) is 9.37. The summed E-state index contributed by atoms with van der Waals surface area (Å²) in [5.41, 5.74) is 6.88. The van der Waals surface area contributed by atoms with Crippen molar-refractivity contribution in [1.29, 1.82) is 0 Å². The van der Waals surface area contributed by atoms with Crippen molar-refractivity contribution in [2.45, 2.75) is 26.1 Å². The average molecular weight is 481 g/mol. The van der Waals surface area contributed by atoms with Gasteiger partial charge in [0.05, 0.1) is 5.69 Å². The number of ether oxygens (including phenoxy) is 1. The Morgan fingerprint density at radius 1 is 1.00 bits per heavy atom. The number of aromatic amines is 1. The Balaban J connectivity index is 1.16. The van der Waals surface area contributed by atoms with E-state index in [1.54, 1.807) is 0 Å². The van der Waals surface area contributed by atoms with E-state index >= 15 is 0 Å². The first-order chi connectivity index (χ1) is 17.2. The maximum Gasteiger partial charge on any atom is 0.159 e. The summed E-state index contributed by atoms with van der Waals surface area (Å²) in [5.74, 6) is 1.64. The first-order valence-corrected chi connectivity index (χ1v) is 12.2. The number of benzene rings is 3. The van der Waals surface area contributed by atoms with Crippen molar-refractivity contribution in [3.8, 4) is 17.1 Å². The van der Waals surface area contributed by atoms with Gasteiger partial charge in [-0.1, -0.05) is 41.9 Å². The summed E-state index contributed by atoms with van der Waals surface area (Å²) < 4.78 is 6.06. The van der Waals surface area contributed by atoms with Crippen LogP contribution >= 0.6 is 11.6 Å². The number of fused-ring (bicyclic) bond motifs is 2. The highest BCUT2D eigenvalue weighted by molar-refractivity contribution is 6.30. The fourth-order valence-corrected chi connectivity index (χ4v) is 4.73. The average Bonchev–Trinajstić information content (AvgIpc) is 3.30. The standard InChI is InChI=1S/C29H25ClN4O/c30-24-8-6-21(7-9-24)29-32-16-23-18-34(13-12-27(23)33-29)17-22-15-31-28-11-10-25(14-26(22)28)35-19-20-4-2-1-3-5-20/h1-11,14-16,31H,12-13,17-19H2. The second kappa shape index (κ2) is 9.53. The second-order valence-electron chi connectivity index (χ2n) is 8.93. The monoisotopic (exact) mass is 480 g/mol. The maximum atomic E-state index is 6.06. The quantitative estimate of drug-likeness (QED) is 0.305. The van der Waals surface area contributed by atoms with Gasteiger partial charge in [-0.05, 0) is 53.6 Å². The lowest BCUT2D eigenvalue weighted by Gasteiger charge is -2.28. The van der Waals surface area contributed by atoms with Crippen LogP contribution in [0.25, 0.3) is 22.3 Å². The molecule has 0 bridgehead atoms. The number of hydrogen-bond acceptors (Lipinski definition) is 4. The normalized spacial score (nSPS) is 13.6. The zero-order valence-corrected chi connectivity index (χ0v) is 20.0. The van der Waals surface area contributed by atoms with Crippen molar-refractivity contribution in [3.63, 3.8) is 0 Å². The van der Waals surface area contributed by atoms with E-state index in [9.17, 15) is 0 Å². The summed E-state index contributed by atoms with van der Waals surface area (Å²) >= 11 is 6.02. The van der Waals surface area contributed by atoms with Gasteiger partial charge >= 0.3 is 0 Å². The molecule has 174 valence electrons. The Morgan fingerprint density at radius 2 is 1.86 bits per heavy atom. The number of aromatic nitrogens is 3. The van der Waals surface area contributed by atoms with E-state index in [0.29, 0.717) is 6.61 Å². The van der Waals surface area contributed by atoms with Crippen LogP contribution < -0.4 is 4.74 Å². The zero-order chi connectivity index (χ0) is 23.6. The van der Waals surface area contributed by atoms with Crippen molar-refractivity contribution in [2.24, 2.45) is 0 Å². The third-order valence-corrected chi connectivity index (χ3v) is 6.75. The molecule has 0 aliphatic carbocycles. The number of H-pyrrole nitrogens is 1. The summed E-state index contributed by atoms with van der Waals surface area (Å²) in [6, 6.07) is 24.2. The minimum Gasteiger partial charge on any atom is -0.489 e. The Morgan fingerprint density at radius 3 is 2.71 bits per heavy atom. The smallest absolute Gasteiger partial charge is 0.159 e. The molecular formula is C29H25ClN4O. The minimum absolute atomic E-state index is 0.563. The molecular weight excluding hydrogens is 456 g/mol. The van der Waals surface area contributed by atoms with E-state index in [2.05, 4.69) is 45.3 Å². The molecule has 0 saturated heterocycles. The van der Waals surface area contributed by atoms with Crippen LogP contribution in [0.2, 0.25) is 5.02 Å². The predicted molar refractivity (Wildman–Crippen MR) is 139 cm³/mol. The van der Waals surface area contributed by atoms with Gasteiger partial charge in [0.25, 0.3) is 0 Å². The van der Waals surface area contributed by atoms with Crippen LogP contribution in [0.1, 0.15) is 22.4 Å².